The molecule has 0 saturated carbocycles. The summed E-state index contributed by atoms with van der Waals surface area (Å²) in [6, 6.07) is 17.6. The Balaban J connectivity index is 1.27. The Bertz CT molecular complexity index is 966. The van der Waals surface area contributed by atoms with Gasteiger partial charge in [-0.25, -0.2) is 4.98 Å². The molecule has 1 amide bonds. The number of likely N-dealkylation sites (N-methyl/N-ethyl adjacent to an activating group) is 1. The van der Waals surface area contributed by atoms with Crippen molar-refractivity contribution in [3.8, 4) is 11.3 Å². The summed E-state index contributed by atoms with van der Waals surface area (Å²) >= 11 is 5.95. The Kier molecular flexibility index (Phi) is 6.35. The summed E-state index contributed by atoms with van der Waals surface area (Å²) in [7, 11) is 2.03. The first-order valence-electron chi connectivity index (χ1n) is 10.2. The number of anilines is 1. The molecule has 6 nitrogen and oxygen atoms in total. The van der Waals surface area contributed by atoms with E-state index in [9.17, 15) is 4.79 Å². The fourth-order valence-corrected chi connectivity index (χ4v) is 3.88. The van der Waals surface area contributed by atoms with Crippen LogP contribution in [0.5, 0.6) is 0 Å². The van der Waals surface area contributed by atoms with Crippen LogP contribution in [0.2, 0.25) is 5.02 Å². The predicted octanol–water partition coefficient (Wildman–Crippen LogP) is 1.78. The largest absolute Gasteiger partial charge is 0.455 e. The molecular weight excluding hydrogens is 400 g/mol. The average Bonchev–Trinajstić information content (AvgIpc) is 3.23. The fourth-order valence-electron chi connectivity index (χ4n) is 3.75. The van der Waals surface area contributed by atoms with Crippen LogP contribution in [0.3, 0.4) is 0 Å². The number of hydrogen-bond acceptors (Lipinski definition) is 3. The number of carbonyl (C=O) groups is 1. The van der Waals surface area contributed by atoms with Crippen LogP contribution in [0.4, 0.5) is 5.82 Å². The summed E-state index contributed by atoms with van der Waals surface area (Å²) in [6.07, 6.45) is 1.93. The third kappa shape index (κ3) is 5.01. The Morgan fingerprint density at radius 1 is 1.07 bits per heavy atom. The lowest BCUT2D eigenvalue weighted by Gasteiger charge is -2.31. The van der Waals surface area contributed by atoms with E-state index in [0.29, 0.717) is 18.1 Å². The molecule has 0 spiro atoms. The van der Waals surface area contributed by atoms with Crippen LogP contribution in [0.25, 0.3) is 11.3 Å². The Morgan fingerprint density at radius 3 is 2.53 bits per heavy atom. The van der Waals surface area contributed by atoms with Gasteiger partial charge in [0.15, 0.2) is 12.3 Å². The van der Waals surface area contributed by atoms with E-state index >= 15 is 0 Å². The minimum absolute atomic E-state index is 0.189. The summed E-state index contributed by atoms with van der Waals surface area (Å²) < 4.78 is 5.97. The molecule has 1 fully saturated rings. The number of benzene rings is 1. The minimum Gasteiger partial charge on any atom is -0.455 e. The van der Waals surface area contributed by atoms with Crippen molar-refractivity contribution in [2.45, 2.75) is 6.54 Å². The first-order valence-corrected chi connectivity index (χ1v) is 10.6. The first-order chi connectivity index (χ1) is 14.6. The number of aromatic amines is 1. The molecule has 30 heavy (non-hydrogen) atoms. The molecule has 1 atom stereocenters. The van der Waals surface area contributed by atoms with Gasteiger partial charge in [0.05, 0.1) is 26.3 Å². The topological polar surface area (TPSA) is 55.3 Å². The molecule has 7 heteroatoms. The number of quaternary nitrogens is 1. The van der Waals surface area contributed by atoms with Crippen molar-refractivity contribution in [2.24, 2.45) is 0 Å². The van der Waals surface area contributed by atoms with Gasteiger partial charge in [-0.2, -0.15) is 0 Å². The number of furan rings is 1. The van der Waals surface area contributed by atoms with E-state index in [2.05, 4.69) is 16.0 Å². The number of H-pyrrole nitrogens is 1. The number of halogens is 1. The van der Waals surface area contributed by atoms with Crippen LogP contribution in [0, 0.1) is 0 Å². The molecule has 1 aromatic carbocycles. The molecule has 156 valence electrons. The number of aromatic nitrogens is 1. The van der Waals surface area contributed by atoms with E-state index in [-0.39, 0.29) is 5.91 Å². The lowest BCUT2D eigenvalue weighted by atomic mass is 10.2. The molecule has 0 bridgehead atoms. The third-order valence-corrected chi connectivity index (χ3v) is 5.64. The van der Waals surface area contributed by atoms with Crippen molar-refractivity contribution >= 4 is 23.3 Å². The minimum atomic E-state index is 0.189. The maximum Gasteiger partial charge on any atom is 0.278 e. The molecule has 1 saturated heterocycles. The monoisotopic (exact) mass is 426 g/mol. The van der Waals surface area contributed by atoms with Gasteiger partial charge in [-0.1, -0.05) is 17.7 Å². The molecule has 4 rings (SSSR count). The Labute approximate surface area is 181 Å². The maximum absolute atomic E-state index is 12.7. The highest BCUT2D eigenvalue weighted by atomic mass is 35.5. The van der Waals surface area contributed by atoms with Crippen LogP contribution >= 0.6 is 11.6 Å². The van der Waals surface area contributed by atoms with Crippen LogP contribution in [-0.2, 0) is 11.3 Å². The zero-order chi connectivity index (χ0) is 20.9. The fraction of sp³-hybridized carbons (Fsp3) is 0.304. The quantitative estimate of drug-likeness (QED) is 0.653. The SMILES string of the molecule is C[NH+](CC(=O)N1CCN(c2cccc[nH+]2)CC1)Cc1ccc(-c2ccc(Cl)cc2)o1. The van der Waals surface area contributed by atoms with Crippen molar-refractivity contribution in [1.29, 1.82) is 0 Å². The van der Waals surface area contributed by atoms with Gasteiger partial charge in [-0.05, 0) is 42.5 Å². The molecule has 0 aliphatic carbocycles. The summed E-state index contributed by atoms with van der Waals surface area (Å²) in [5, 5.41) is 0.705. The van der Waals surface area contributed by atoms with Crippen LogP contribution < -0.4 is 14.8 Å². The van der Waals surface area contributed by atoms with Crippen molar-refractivity contribution in [3.63, 3.8) is 0 Å². The van der Waals surface area contributed by atoms with Crippen LogP contribution in [0.15, 0.2) is 65.2 Å². The van der Waals surface area contributed by atoms with Crippen LogP contribution in [0.1, 0.15) is 5.76 Å². The second-order valence-electron chi connectivity index (χ2n) is 7.70. The first kappa shape index (κ1) is 20.4. The maximum atomic E-state index is 12.7. The predicted molar refractivity (Wildman–Crippen MR) is 116 cm³/mol. The lowest BCUT2D eigenvalue weighted by Crippen LogP contribution is -3.08. The van der Waals surface area contributed by atoms with Gasteiger partial charge in [0.1, 0.15) is 25.4 Å². The van der Waals surface area contributed by atoms with Crippen molar-refractivity contribution in [2.75, 3.05) is 44.7 Å². The normalized spacial score (nSPS) is 15.3. The molecule has 3 heterocycles. The van der Waals surface area contributed by atoms with Crippen molar-refractivity contribution < 1.29 is 19.1 Å². The molecule has 3 aromatic rings. The molecule has 2 N–H and O–H groups in total. The summed E-state index contributed by atoms with van der Waals surface area (Å²) in [4.78, 5) is 21.3. The number of amides is 1. The Hall–Kier alpha value is -2.83. The average molecular weight is 427 g/mol. The van der Waals surface area contributed by atoms with Gasteiger partial charge >= 0.3 is 0 Å². The van der Waals surface area contributed by atoms with Gasteiger partial charge in [0.25, 0.3) is 11.7 Å². The zero-order valence-corrected chi connectivity index (χ0v) is 17.9. The molecule has 1 unspecified atom stereocenters. The molecule has 2 aromatic heterocycles. The van der Waals surface area contributed by atoms with Crippen molar-refractivity contribution in [3.05, 3.63) is 71.6 Å². The highest BCUT2D eigenvalue weighted by Gasteiger charge is 2.27. The summed E-state index contributed by atoms with van der Waals surface area (Å²) in [5.74, 6) is 2.97. The number of nitrogens with zero attached hydrogens (tertiary/aromatic N) is 2. The highest BCUT2D eigenvalue weighted by Crippen LogP contribution is 2.23. The van der Waals surface area contributed by atoms with E-state index in [1.165, 1.54) is 0 Å². The number of nitrogens with one attached hydrogen (secondary N) is 2. The van der Waals surface area contributed by atoms with E-state index in [1.54, 1.807) is 0 Å². The van der Waals surface area contributed by atoms with E-state index in [4.69, 9.17) is 16.0 Å². The van der Waals surface area contributed by atoms with Gasteiger partial charge in [0.2, 0.25) is 0 Å². The standard InChI is InChI=1S/C23H25ClN4O2/c1-26(16-20-9-10-21(30-20)18-5-7-19(24)8-6-18)17-23(29)28-14-12-27(13-15-28)22-4-2-3-11-25-22/h2-11H,12-17H2,1H3/p+2. The lowest BCUT2D eigenvalue weighted by molar-refractivity contribution is -0.886. The number of hydrogen-bond donors (Lipinski definition) is 1. The number of carbonyl (C=O) groups excluding carboxylic acids is 1. The van der Waals surface area contributed by atoms with E-state index in [1.807, 2.05) is 66.7 Å². The summed E-state index contributed by atoms with van der Waals surface area (Å²) in [6.45, 7) is 4.29. The van der Waals surface area contributed by atoms with Gasteiger partial charge in [-0.15, -0.1) is 0 Å². The van der Waals surface area contributed by atoms with Crippen LogP contribution in [-0.4, -0.2) is 50.6 Å². The van der Waals surface area contributed by atoms with E-state index < -0.39 is 0 Å². The van der Waals surface area contributed by atoms with Gasteiger partial charge in [0, 0.05) is 16.7 Å². The molecular formula is C23H27ClN4O2+2. The highest BCUT2D eigenvalue weighted by molar-refractivity contribution is 6.30. The Morgan fingerprint density at radius 2 is 1.83 bits per heavy atom. The van der Waals surface area contributed by atoms with Crippen molar-refractivity contribution in [1.82, 2.24) is 4.90 Å². The smallest absolute Gasteiger partial charge is 0.278 e. The molecule has 0 radical (unpaired) electrons. The number of rotatable bonds is 6. The summed E-state index contributed by atoms with van der Waals surface area (Å²) in [5.41, 5.74) is 0.993. The number of pyridine rings is 1. The second-order valence-corrected chi connectivity index (χ2v) is 8.14. The molecule has 1 aliphatic rings. The third-order valence-electron chi connectivity index (χ3n) is 5.39. The molecule has 1 aliphatic heterocycles. The number of piperazine rings is 1. The zero-order valence-electron chi connectivity index (χ0n) is 17.1. The van der Waals surface area contributed by atoms with Gasteiger partial charge < -0.3 is 14.2 Å². The van der Waals surface area contributed by atoms with Gasteiger partial charge in [-0.3, -0.25) is 9.69 Å². The second kappa shape index (κ2) is 9.32. The van der Waals surface area contributed by atoms with E-state index in [0.717, 1.165) is 54.0 Å².